The van der Waals surface area contributed by atoms with Crippen molar-refractivity contribution >= 4 is 15.3 Å². The number of nitrogens with zero attached hydrogens (tertiary/aromatic N) is 1. The van der Waals surface area contributed by atoms with E-state index in [1.54, 1.807) is 38.6 Å². The molecule has 6 heteroatoms. The standard InChI is InChI=1S/C11H16NO4Si/c1-9(17(14-2)15-3)8-16-11(13)10-6-4-5-7-12-10/h4-7,9H,8H2,1-3H3. The van der Waals surface area contributed by atoms with Crippen molar-refractivity contribution in [1.29, 1.82) is 0 Å². The number of hydrogen-bond donors (Lipinski definition) is 0. The van der Waals surface area contributed by atoms with Gasteiger partial charge in [-0.15, -0.1) is 0 Å². The molecule has 0 aliphatic rings. The number of esters is 1. The topological polar surface area (TPSA) is 57.7 Å². The van der Waals surface area contributed by atoms with Crippen LogP contribution in [0.4, 0.5) is 0 Å². The minimum Gasteiger partial charge on any atom is -0.461 e. The first-order chi connectivity index (χ1) is 8.19. The van der Waals surface area contributed by atoms with Crippen LogP contribution in [0, 0.1) is 0 Å². The second kappa shape index (κ2) is 7.15. The molecule has 0 bridgehead atoms. The maximum Gasteiger partial charge on any atom is 0.390 e. The van der Waals surface area contributed by atoms with Crippen LogP contribution in [0.1, 0.15) is 17.4 Å². The van der Waals surface area contributed by atoms with Gasteiger partial charge in [-0.2, -0.15) is 0 Å². The third-order valence-corrected chi connectivity index (χ3v) is 3.92. The van der Waals surface area contributed by atoms with Gasteiger partial charge in [0.2, 0.25) is 0 Å². The molecular formula is C11H16NO4Si. The largest absolute Gasteiger partial charge is 0.461 e. The first-order valence-corrected chi connectivity index (χ1v) is 6.61. The fraction of sp³-hybridized carbons (Fsp3) is 0.455. The highest BCUT2D eigenvalue weighted by atomic mass is 28.3. The van der Waals surface area contributed by atoms with E-state index in [0.29, 0.717) is 5.69 Å². The Labute approximate surface area is 103 Å². The second-order valence-electron chi connectivity index (χ2n) is 3.44. The molecule has 0 saturated heterocycles. The molecule has 0 aliphatic carbocycles. The van der Waals surface area contributed by atoms with Gasteiger partial charge < -0.3 is 13.6 Å². The summed E-state index contributed by atoms with van der Waals surface area (Å²) in [5, 5.41) is 0. The van der Waals surface area contributed by atoms with Crippen molar-refractivity contribution in [3.63, 3.8) is 0 Å². The molecule has 1 heterocycles. The van der Waals surface area contributed by atoms with Gasteiger partial charge in [0.25, 0.3) is 0 Å². The molecule has 1 aromatic rings. The third kappa shape index (κ3) is 4.26. The molecule has 1 unspecified atom stereocenters. The molecule has 0 fully saturated rings. The number of carbonyl (C=O) groups excluding carboxylic acids is 1. The first kappa shape index (κ1) is 13.8. The van der Waals surface area contributed by atoms with Crippen molar-refractivity contribution in [2.45, 2.75) is 12.5 Å². The van der Waals surface area contributed by atoms with Crippen molar-refractivity contribution < 1.29 is 18.4 Å². The molecule has 0 saturated carbocycles. The molecule has 0 spiro atoms. The minimum atomic E-state index is -1.38. The Kier molecular flexibility index (Phi) is 5.82. The van der Waals surface area contributed by atoms with Crippen molar-refractivity contribution in [2.24, 2.45) is 0 Å². The number of pyridine rings is 1. The zero-order valence-corrected chi connectivity index (χ0v) is 11.2. The molecule has 17 heavy (non-hydrogen) atoms. The maximum absolute atomic E-state index is 11.6. The van der Waals surface area contributed by atoms with E-state index >= 15 is 0 Å². The molecule has 5 nitrogen and oxygen atoms in total. The van der Waals surface area contributed by atoms with Gasteiger partial charge in [-0.05, 0) is 12.1 Å². The van der Waals surface area contributed by atoms with Gasteiger partial charge in [-0.3, -0.25) is 0 Å². The van der Waals surface area contributed by atoms with Crippen molar-refractivity contribution in [2.75, 3.05) is 20.8 Å². The van der Waals surface area contributed by atoms with Crippen molar-refractivity contribution in [3.8, 4) is 0 Å². The summed E-state index contributed by atoms with van der Waals surface area (Å²) in [6, 6.07) is 5.11. The number of rotatable bonds is 6. The average molecular weight is 254 g/mol. The lowest BCUT2D eigenvalue weighted by molar-refractivity contribution is 0.0485. The summed E-state index contributed by atoms with van der Waals surface area (Å²) < 4.78 is 15.5. The molecule has 1 aromatic heterocycles. The van der Waals surface area contributed by atoms with Crippen LogP contribution in [0.25, 0.3) is 0 Å². The molecule has 0 amide bonds. The van der Waals surface area contributed by atoms with Crippen molar-refractivity contribution in [3.05, 3.63) is 30.1 Å². The van der Waals surface area contributed by atoms with E-state index in [2.05, 4.69) is 4.98 Å². The second-order valence-corrected chi connectivity index (χ2v) is 5.88. The number of ether oxygens (including phenoxy) is 1. The van der Waals surface area contributed by atoms with Crippen molar-refractivity contribution in [1.82, 2.24) is 4.98 Å². The lowest BCUT2D eigenvalue weighted by atomic mass is 10.3. The summed E-state index contributed by atoms with van der Waals surface area (Å²) in [5.41, 5.74) is 0.367. The Morgan fingerprint density at radius 1 is 1.41 bits per heavy atom. The third-order valence-electron chi connectivity index (χ3n) is 2.14. The smallest absolute Gasteiger partial charge is 0.390 e. The van der Waals surface area contributed by atoms with E-state index in [1.165, 1.54) is 0 Å². The monoisotopic (exact) mass is 254 g/mol. The summed E-state index contributed by atoms with van der Waals surface area (Å²) >= 11 is 0. The molecular weight excluding hydrogens is 238 g/mol. The Morgan fingerprint density at radius 2 is 2.12 bits per heavy atom. The summed E-state index contributed by atoms with van der Waals surface area (Å²) in [7, 11) is 1.81. The van der Waals surface area contributed by atoms with Gasteiger partial charge in [0.1, 0.15) is 5.69 Å². The number of hydrogen-bond acceptors (Lipinski definition) is 5. The SMILES string of the molecule is CO[Si](OC)C(C)COC(=O)c1ccccn1. The number of aromatic nitrogens is 1. The summed E-state index contributed by atoms with van der Waals surface area (Å²) in [4.78, 5) is 15.5. The van der Waals surface area contributed by atoms with Crippen LogP contribution >= 0.6 is 0 Å². The highest BCUT2D eigenvalue weighted by Crippen LogP contribution is 2.11. The predicted octanol–water partition coefficient (Wildman–Crippen LogP) is 1.41. The summed E-state index contributed by atoms with van der Waals surface area (Å²) in [6.07, 6.45) is 1.56. The highest BCUT2D eigenvalue weighted by Gasteiger charge is 2.23. The fourth-order valence-corrected chi connectivity index (χ4v) is 2.50. The maximum atomic E-state index is 11.6. The molecule has 1 rings (SSSR count). The molecule has 0 aromatic carbocycles. The molecule has 0 N–H and O–H groups in total. The highest BCUT2D eigenvalue weighted by molar-refractivity contribution is 6.46. The van der Waals surface area contributed by atoms with Gasteiger partial charge in [0.05, 0.1) is 6.61 Å². The van der Waals surface area contributed by atoms with Crippen LogP contribution in [0.3, 0.4) is 0 Å². The van der Waals surface area contributed by atoms with Gasteiger partial charge in [0.15, 0.2) is 0 Å². The Morgan fingerprint density at radius 3 is 2.65 bits per heavy atom. The van der Waals surface area contributed by atoms with Crippen LogP contribution in [0.2, 0.25) is 5.54 Å². The van der Waals surface area contributed by atoms with E-state index in [1.807, 2.05) is 6.92 Å². The Bertz CT molecular complexity index is 343. The lowest BCUT2D eigenvalue weighted by Crippen LogP contribution is -2.28. The van der Waals surface area contributed by atoms with Crippen LogP contribution in [0.15, 0.2) is 24.4 Å². The van der Waals surface area contributed by atoms with Crippen LogP contribution in [-0.2, 0) is 13.6 Å². The minimum absolute atomic E-state index is 0.0580. The van der Waals surface area contributed by atoms with E-state index < -0.39 is 15.3 Å². The van der Waals surface area contributed by atoms with E-state index in [9.17, 15) is 4.79 Å². The van der Waals surface area contributed by atoms with Crippen LogP contribution in [0.5, 0.6) is 0 Å². The lowest BCUT2D eigenvalue weighted by Gasteiger charge is -2.16. The van der Waals surface area contributed by atoms with Gasteiger partial charge >= 0.3 is 15.3 Å². The molecule has 93 valence electrons. The van der Waals surface area contributed by atoms with Crippen LogP contribution < -0.4 is 0 Å². The Balaban J connectivity index is 2.43. The fourth-order valence-electron chi connectivity index (χ4n) is 1.31. The van der Waals surface area contributed by atoms with Crippen LogP contribution in [-0.4, -0.2) is 41.1 Å². The molecule has 0 aliphatic heterocycles. The normalized spacial score (nSPS) is 12.5. The molecule has 1 radical (unpaired) electrons. The Hall–Kier alpha value is -1.24. The zero-order valence-electron chi connectivity index (χ0n) is 10.2. The number of carbonyl (C=O) groups is 1. The molecule has 1 atom stereocenters. The van der Waals surface area contributed by atoms with Gasteiger partial charge in [-0.25, -0.2) is 9.78 Å². The van der Waals surface area contributed by atoms with E-state index in [4.69, 9.17) is 13.6 Å². The summed E-state index contributed by atoms with van der Waals surface area (Å²) in [5.74, 6) is -0.425. The zero-order chi connectivity index (χ0) is 12.7. The summed E-state index contributed by atoms with van der Waals surface area (Å²) in [6.45, 7) is 2.19. The first-order valence-electron chi connectivity index (χ1n) is 5.22. The van der Waals surface area contributed by atoms with E-state index in [0.717, 1.165) is 0 Å². The average Bonchev–Trinajstić information content (AvgIpc) is 2.38. The van der Waals surface area contributed by atoms with Gasteiger partial charge in [0, 0.05) is 26.0 Å². The van der Waals surface area contributed by atoms with E-state index in [-0.39, 0.29) is 12.1 Å². The van der Waals surface area contributed by atoms with Gasteiger partial charge in [-0.1, -0.05) is 13.0 Å². The predicted molar refractivity (Wildman–Crippen MR) is 63.7 cm³/mol. The quantitative estimate of drug-likeness (QED) is 0.567.